The van der Waals surface area contributed by atoms with E-state index >= 15 is 0 Å². The molecule has 84 valence electrons. The van der Waals surface area contributed by atoms with Crippen molar-refractivity contribution in [3.8, 4) is 11.9 Å². The highest BCUT2D eigenvalue weighted by molar-refractivity contribution is 5.86. The topological polar surface area (TPSA) is 107 Å². The van der Waals surface area contributed by atoms with E-state index in [9.17, 15) is 4.79 Å². The lowest BCUT2D eigenvalue weighted by atomic mass is 10.4. The second kappa shape index (κ2) is 4.36. The smallest absolute Gasteiger partial charge is 0.358 e. The normalized spacial score (nSPS) is 9.65. The fourth-order valence-electron chi connectivity index (χ4n) is 1.09. The van der Waals surface area contributed by atoms with Crippen LogP contribution in [0.4, 0.5) is 0 Å². The lowest BCUT2D eigenvalue weighted by Gasteiger charge is -2.01. The van der Waals surface area contributed by atoms with Crippen LogP contribution in [0.1, 0.15) is 16.3 Å². The lowest BCUT2D eigenvalue weighted by Crippen LogP contribution is -2.08. The maximum Gasteiger partial charge on any atom is 0.358 e. The predicted molar refractivity (Wildman–Crippen MR) is 53.0 cm³/mol. The minimum atomic E-state index is -0.597. The number of aromatic nitrogens is 5. The first-order valence-electron chi connectivity index (χ1n) is 4.47. The molecule has 0 atom stereocenters. The lowest BCUT2D eigenvalue weighted by molar-refractivity contribution is 0.0593. The minimum absolute atomic E-state index is 0.00951. The average Bonchev–Trinajstić information content (AvgIpc) is 2.86. The zero-order chi connectivity index (χ0) is 12.3. The van der Waals surface area contributed by atoms with Crippen LogP contribution in [0.2, 0.25) is 0 Å². The van der Waals surface area contributed by atoms with Gasteiger partial charge in [0, 0.05) is 0 Å². The molecule has 0 amide bonds. The van der Waals surface area contributed by atoms with E-state index in [0.29, 0.717) is 0 Å². The molecule has 0 saturated heterocycles. The van der Waals surface area contributed by atoms with Gasteiger partial charge in [-0.25, -0.2) is 14.8 Å². The summed E-state index contributed by atoms with van der Waals surface area (Å²) in [6, 6.07) is 1.78. The van der Waals surface area contributed by atoms with Crippen LogP contribution in [0.5, 0.6) is 0 Å². The average molecular weight is 230 g/mol. The Morgan fingerprint density at radius 2 is 2.35 bits per heavy atom. The molecule has 0 aliphatic rings. The van der Waals surface area contributed by atoms with Gasteiger partial charge in [0.25, 0.3) is 5.82 Å². The third kappa shape index (κ3) is 2.07. The highest BCUT2D eigenvalue weighted by Crippen LogP contribution is 2.03. The van der Waals surface area contributed by atoms with Crippen molar-refractivity contribution < 1.29 is 9.53 Å². The molecule has 0 spiro atoms. The molecular weight excluding hydrogens is 224 g/mol. The van der Waals surface area contributed by atoms with Crippen LogP contribution < -0.4 is 0 Å². The minimum Gasteiger partial charge on any atom is -0.464 e. The van der Waals surface area contributed by atoms with Crippen molar-refractivity contribution >= 4 is 5.97 Å². The maximum atomic E-state index is 11.2. The summed E-state index contributed by atoms with van der Waals surface area (Å²) in [5, 5.41) is 12.4. The van der Waals surface area contributed by atoms with Gasteiger partial charge in [-0.3, -0.25) is 4.98 Å². The molecule has 0 N–H and O–H groups in total. The second-order valence-electron chi connectivity index (χ2n) is 2.88. The van der Waals surface area contributed by atoms with Crippen molar-refractivity contribution in [2.45, 2.75) is 0 Å². The summed E-state index contributed by atoms with van der Waals surface area (Å²) in [7, 11) is 1.25. The van der Waals surface area contributed by atoms with E-state index < -0.39 is 5.97 Å². The number of ether oxygens (including phenoxy) is 1. The molecule has 0 bridgehead atoms. The van der Waals surface area contributed by atoms with E-state index in [2.05, 4.69) is 24.8 Å². The first-order chi connectivity index (χ1) is 8.24. The molecule has 0 fully saturated rings. The summed E-state index contributed by atoms with van der Waals surface area (Å²) < 4.78 is 5.76. The number of hydrogen-bond donors (Lipinski definition) is 0. The first-order valence-corrected chi connectivity index (χ1v) is 4.47. The number of hydrogen-bond acceptors (Lipinski definition) is 7. The van der Waals surface area contributed by atoms with Gasteiger partial charge in [0.05, 0.1) is 19.5 Å². The van der Waals surface area contributed by atoms with Crippen molar-refractivity contribution in [1.82, 2.24) is 24.7 Å². The number of esters is 1. The number of nitrogens with zero attached hydrogens (tertiary/aromatic N) is 6. The van der Waals surface area contributed by atoms with Crippen LogP contribution in [0.3, 0.4) is 0 Å². The van der Waals surface area contributed by atoms with Gasteiger partial charge < -0.3 is 4.74 Å². The Balaban J connectivity index is 2.40. The number of methoxy groups -OCH3 is 1. The fraction of sp³-hybridized carbons (Fsp3) is 0.111. The molecule has 2 aromatic heterocycles. The molecule has 8 heteroatoms. The van der Waals surface area contributed by atoms with Crippen LogP contribution in [-0.2, 0) is 4.74 Å². The molecule has 0 aliphatic carbocycles. The third-order valence-corrected chi connectivity index (χ3v) is 1.84. The number of nitriles is 1. The standard InChI is InChI=1S/C9H6N6O2/c1-17-9(16)6-3-11-4-8(13-6)15-5-12-7(2-10)14-15/h3-5H,1H3. The Morgan fingerprint density at radius 1 is 1.53 bits per heavy atom. The zero-order valence-corrected chi connectivity index (χ0v) is 8.73. The SMILES string of the molecule is COC(=O)c1cncc(-n2cnc(C#N)n2)n1. The molecule has 17 heavy (non-hydrogen) atoms. The molecule has 0 aromatic carbocycles. The molecule has 2 heterocycles. The number of carbonyl (C=O) groups excluding carboxylic acids is 1. The van der Waals surface area contributed by atoms with Gasteiger partial charge in [-0.15, -0.1) is 5.10 Å². The van der Waals surface area contributed by atoms with Gasteiger partial charge in [0.2, 0.25) is 0 Å². The Morgan fingerprint density at radius 3 is 3.00 bits per heavy atom. The number of carbonyl (C=O) groups is 1. The van der Waals surface area contributed by atoms with E-state index in [4.69, 9.17) is 5.26 Å². The van der Waals surface area contributed by atoms with Gasteiger partial charge in [0.15, 0.2) is 11.5 Å². The van der Waals surface area contributed by atoms with Crippen molar-refractivity contribution in [3.05, 3.63) is 30.2 Å². The monoisotopic (exact) mass is 230 g/mol. The highest BCUT2D eigenvalue weighted by Gasteiger charge is 2.10. The summed E-state index contributed by atoms with van der Waals surface area (Å²) in [5.41, 5.74) is 0.0546. The van der Waals surface area contributed by atoms with Gasteiger partial charge >= 0.3 is 5.97 Å². The molecule has 2 aromatic rings. The van der Waals surface area contributed by atoms with Crippen molar-refractivity contribution in [2.24, 2.45) is 0 Å². The summed E-state index contributed by atoms with van der Waals surface area (Å²) in [5.74, 6) is -0.308. The Kier molecular flexibility index (Phi) is 2.74. The molecular formula is C9H6N6O2. The van der Waals surface area contributed by atoms with E-state index in [0.717, 1.165) is 0 Å². The molecule has 0 unspecified atom stereocenters. The Hall–Kier alpha value is -2.82. The summed E-state index contributed by atoms with van der Waals surface area (Å²) in [6.45, 7) is 0. The quantitative estimate of drug-likeness (QED) is 0.652. The van der Waals surface area contributed by atoms with Crippen molar-refractivity contribution in [1.29, 1.82) is 5.26 Å². The van der Waals surface area contributed by atoms with Gasteiger partial charge in [0.1, 0.15) is 12.4 Å². The van der Waals surface area contributed by atoms with Gasteiger partial charge in [-0.2, -0.15) is 9.94 Å². The zero-order valence-electron chi connectivity index (χ0n) is 8.73. The second-order valence-corrected chi connectivity index (χ2v) is 2.88. The van der Waals surface area contributed by atoms with Crippen LogP contribution in [0.15, 0.2) is 18.7 Å². The van der Waals surface area contributed by atoms with Crippen LogP contribution in [0.25, 0.3) is 5.82 Å². The Bertz CT molecular complexity index is 600. The molecule has 0 aliphatic heterocycles. The third-order valence-electron chi connectivity index (χ3n) is 1.84. The number of rotatable bonds is 2. The summed E-state index contributed by atoms with van der Waals surface area (Å²) in [6.07, 6.45) is 3.98. The maximum absolute atomic E-state index is 11.2. The first kappa shape index (κ1) is 10.7. The van der Waals surface area contributed by atoms with E-state index in [1.807, 2.05) is 0 Å². The van der Waals surface area contributed by atoms with Gasteiger partial charge in [-0.1, -0.05) is 0 Å². The fourth-order valence-corrected chi connectivity index (χ4v) is 1.09. The molecule has 0 saturated carbocycles. The van der Waals surface area contributed by atoms with Crippen molar-refractivity contribution in [3.63, 3.8) is 0 Å². The van der Waals surface area contributed by atoms with Crippen LogP contribution >= 0.6 is 0 Å². The predicted octanol–water partition coefficient (Wildman–Crippen LogP) is -0.284. The molecule has 2 rings (SSSR count). The van der Waals surface area contributed by atoms with E-state index in [-0.39, 0.29) is 17.3 Å². The van der Waals surface area contributed by atoms with Gasteiger partial charge in [-0.05, 0) is 0 Å². The summed E-state index contributed by atoms with van der Waals surface area (Å²) in [4.78, 5) is 22.8. The molecule has 8 nitrogen and oxygen atoms in total. The van der Waals surface area contributed by atoms with Crippen LogP contribution in [-0.4, -0.2) is 37.8 Å². The van der Waals surface area contributed by atoms with Crippen LogP contribution in [0, 0.1) is 11.3 Å². The summed E-state index contributed by atoms with van der Waals surface area (Å²) >= 11 is 0. The van der Waals surface area contributed by atoms with Crippen molar-refractivity contribution in [2.75, 3.05) is 7.11 Å². The highest BCUT2D eigenvalue weighted by atomic mass is 16.5. The molecule has 0 radical (unpaired) electrons. The van der Waals surface area contributed by atoms with E-state index in [1.54, 1.807) is 6.07 Å². The van der Waals surface area contributed by atoms with E-state index in [1.165, 1.54) is 30.5 Å². The Labute approximate surface area is 95.5 Å². The largest absolute Gasteiger partial charge is 0.464 e.